The Morgan fingerprint density at radius 3 is 2.36 bits per heavy atom. The minimum atomic E-state index is -4.47. The molecule has 6 nitrogen and oxygen atoms in total. The molecule has 0 spiro atoms. The first-order valence-electron chi connectivity index (χ1n) is 7.24. The zero-order valence-electron chi connectivity index (χ0n) is 13.2. The maximum Gasteiger partial charge on any atom is 0.476 e. The maximum atomic E-state index is 12.1. The van der Waals surface area contributed by atoms with Gasteiger partial charge in [0.15, 0.2) is 6.04 Å². The number of benzene rings is 2. The van der Waals surface area contributed by atoms with E-state index in [-0.39, 0.29) is 6.61 Å². The summed E-state index contributed by atoms with van der Waals surface area (Å²) in [7, 11) is 0. The van der Waals surface area contributed by atoms with Crippen molar-refractivity contribution in [1.29, 1.82) is 0 Å². The van der Waals surface area contributed by atoms with Crippen molar-refractivity contribution in [2.45, 2.75) is 19.6 Å². The van der Waals surface area contributed by atoms with Crippen molar-refractivity contribution >= 4 is 41.4 Å². The number of anilines is 1. The van der Waals surface area contributed by atoms with Crippen LogP contribution in [0.15, 0.2) is 54.6 Å². The molecule has 0 heterocycles. The molecular formula is C16H16Cl2NO5P. The number of hydroxylamine groups is 1. The fourth-order valence-electron chi connectivity index (χ4n) is 2.00. The fourth-order valence-corrected chi connectivity index (χ4v) is 2.70. The standard InChI is InChI=1S/C16H16Cl2NO5P/c1-12(16(20)24-25(18,21)22)19(15-9-7-14(17)8-10-15)23-11-13-5-3-2-4-6-13/h2-10,12H,11H2,1H3,(H,21,22). The Balaban J connectivity index is 2.20. The van der Waals surface area contributed by atoms with Crippen LogP contribution in [0.3, 0.4) is 0 Å². The molecule has 0 aliphatic rings. The molecule has 2 rings (SSSR count). The molecule has 0 aromatic heterocycles. The van der Waals surface area contributed by atoms with Crippen molar-refractivity contribution in [2.75, 3.05) is 5.06 Å². The van der Waals surface area contributed by atoms with Gasteiger partial charge in [-0.2, -0.15) is 0 Å². The number of carbonyl (C=O) groups is 1. The monoisotopic (exact) mass is 403 g/mol. The van der Waals surface area contributed by atoms with Crippen LogP contribution in [0, 0.1) is 0 Å². The molecule has 1 N–H and O–H groups in total. The predicted octanol–water partition coefficient (Wildman–Crippen LogP) is 4.55. The van der Waals surface area contributed by atoms with Gasteiger partial charge in [-0.3, -0.25) is 4.84 Å². The lowest BCUT2D eigenvalue weighted by atomic mass is 10.2. The molecule has 0 amide bonds. The van der Waals surface area contributed by atoms with Crippen molar-refractivity contribution in [3.05, 3.63) is 65.2 Å². The first-order chi connectivity index (χ1) is 11.8. The van der Waals surface area contributed by atoms with Gasteiger partial charge in [0.25, 0.3) is 0 Å². The van der Waals surface area contributed by atoms with Crippen molar-refractivity contribution in [2.24, 2.45) is 0 Å². The molecule has 9 heteroatoms. The van der Waals surface area contributed by atoms with Gasteiger partial charge in [-0.15, -0.1) is 0 Å². The number of rotatable bonds is 7. The highest BCUT2D eigenvalue weighted by Crippen LogP contribution is 2.48. The van der Waals surface area contributed by atoms with E-state index < -0.39 is 19.0 Å². The predicted molar refractivity (Wildman–Crippen MR) is 96.4 cm³/mol. The van der Waals surface area contributed by atoms with E-state index in [1.165, 1.54) is 12.0 Å². The summed E-state index contributed by atoms with van der Waals surface area (Å²) >= 11 is 11.0. The summed E-state index contributed by atoms with van der Waals surface area (Å²) in [6.45, 7) is -2.83. The van der Waals surface area contributed by atoms with Gasteiger partial charge in [0, 0.05) is 16.3 Å². The molecule has 2 aromatic carbocycles. The molecule has 2 unspecified atom stereocenters. The molecule has 0 fully saturated rings. The molecule has 0 aliphatic carbocycles. The number of nitrogens with zero attached hydrogens (tertiary/aromatic N) is 1. The summed E-state index contributed by atoms with van der Waals surface area (Å²) in [5, 5.41) is 1.79. The lowest BCUT2D eigenvalue weighted by Gasteiger charge is -2.28. The zero-order valence-corrected chi connectivity index (χ0v) is 15.6. The molecule has 2 atom stereocenters. The molecule has 25 heavy (non-hydrogen) atoms. The average molecular weight is 404 g/mol. The van der Waals surface area contributed by atoms with E-state index in [2.05, 4.69) is 4.52 Å². The van der Waals surface area contributed by atoms with Crippen LogP contribution in [0.4, 0.5) is 5.69 Å². The Kier molecular flexibility index (Phi) is 6.87. The van der Waals surface area contributed by atoms with Gasteiger partial charge in [0.1, 0.15) is 0 Å². The second-order valence-electron chi connectivity index (χ2n) is 5.10. The van der Waals surface area contributed by atoms with Gasteiger partial charge in [-0.05, 0) is 36.8 Å². The number of hydrogen-bond donors (Lipinski definition) is 1. The Hall–Kier alpha value is -1.56. The maximum absolute atomic E-state index is 12.1. The molecule has 0 radical (unpaired) electrons. The summed E-state index contributed by atoms with van der Waals surface area (Å²) in [5.41, 5.74) is 1.40. The van der Waals surface area contributed by atoms with E-state index in [4.69, 9.17) is 32.6 Å². The van der Waals surface area contributed by atoms with E-state index >= 15 is 0 Å². The van der Waals surface area contributed by atoms with Crippen molar-refractivity contribution in [3.63, 3.8) is 0 Å². The SMILES string of the molecule is CC(C(=O)OP(=O)(O)Cl)N(OCc1ccccc1)c1ccc(Cl)cc1. The first kappa shape index (κ1) is 19.8. The molecule has 0 bridgehead atoms. The highest BCUT2D eigenvalue weighted by atomic mass is 35.7. The van der Waals surface area contributed by atoms with Crippen LogP contribution < -0.4 is 5.06 Å². The van der Waals surface area contributed by atoms with Crippen LogP contribution >= 0.6 is 29.8 Å². The molecule has 0 saturated carbocycles. The van der Waals surface area contributed by atoms with E-state index in [1.54, 1.807) is 24.3 Å². The normalized spacial score (nSPS) is 14.4. The van der Waals surface area contributed by atoms with Crippen LogP contribution in [-0.4, -0.2) is 16.9 Å². The van der Waals surface area contributed by atoms with Gasteiger partial charge >= 0.3 is 12.9 Å². The third-order valence-electron chi connectivity index (χ3n) is 3.19. The zero-order chi connectivity index (χ0) is 18.4. The van der Waals surface area contributed by atoms with Crippen molar-refractivity contribution < 1.29 is 23.6 Å². The first-order valence-corrected chi connectivity index (χ1v) is 10.1. The van der Waals surface area contributed by atoms with Crippen LogP contribution in [0.1, 0.15) is 12.5 Å². The molecule has 0 saturated heterocycles. The van der Waals surface area contributed by atoms with Crippen molar-refractivity contribution in [3.8, 4) is 0 Å². The van der Waals surface area contributed by atoms with E-state index in [0.717, 1.165) is 5.56 Å². The number of halogens is 2. The second kappa shape index (κ2) is 8.70. The van der Waals surface area contributed by atoms with Gasteiger partial charge in [0.2, 0.25) is 0 Å². The highest BCUT2D eigenvalue weighted by Gasteiger charge is 2.30. The third-order valence-corrected chi connectivity index (χ3v) is 4.05. The highest BCUT2D eigenvalue weighted by molar-refractivity contribution is 7.80. The second-order valence-corrected chi connectivity index (χ2v) is 7.90. The molecule has 134 valence electrons. The van der Waals surface area contributed by atoms with Crippen LogP contribution in [0.5, 0.6) is 0 Å². The molecule has 2 aromatic rings. The lowest BCUT2D eigenvalue weighted by molar-refractivity contribution is -0.138. The Morgan fingerprint density at radius 1 is 1.20 bits per heavy atom. The smallest absolute Gasteiger partial charge is 0.379 e. The summed E-state index contributed by atoms with van der Waals surface area (Å²) in [6.07, 6.45) is 0. The topological polar surface area (TPSA) is 76.1 Å². The minimum absolute atomic E-state index is 0.179. The lowest BCUT2D eigenvalue weighted by Crippen LogP contribution is -2.39. The fraction of sp³-hybridized carbons (Fsp3) is 0.188. The van der Waals surface area contributed by atoms with Crippen LogP contribution in [0.2, 0.25) is 5.02 Å². The molecular weight excluding hydrogens is 388 g/mol. The van der Waals surface area contributed by atoms with E-state index in [9.17, 15) is 9.36 Å². The Morgan fingerprint density at radius 2 is 1.80 bits per heavy atom. The van der Waals surface area contributed by atoms with Gasteiger partial charge in [0.05, 0.1) is 12.3 Å². The van der Waals surface area contributed by atoms with Crippen LogP contribution in [0.25, 0.3) is 0 Å². The third kappa shape index (κ3) is 6.34. The van der Waals surface area contributed by atoms with Crippen molar-refractivity contribution in [1.82, 2.24) is 0 Å². The summed E-state index contributed by atoms with van der Waals surface area (Å²) < 4.78 is 15.5. The van der Waals surface area contributed by atoms with E-state index in [1.807, 2.05) is 30.3 Å². The largest absolute Gasteiger partial charge is 0.476 e. The summed E-state index contributed by atoms with van der Waals surface area (Å²) in [6, 6.07) is 14.9. The van der Waals surface area contributed by atoms with Gasteiger partial charge < -0.3 is 9.42 Å². The van der Waals surface area contributed by atoms with Gasteiger partial charge in [-0.25, -0.2) is 14.4 Å². The number of hydrogen-bond acceptors (Lipinski definition) is 5. The van der Waals surface area contributed by atoms with Crippen LogP contribution in [-0.2, 0) is 25.3 Å². The average Bonchev–Trinajstić information content (AvgIpc) is 2.56. The summed E-state index contributed by atoms with van der Waals surface area (Å²) in [4.78, 5) is 26.8. The summed E-state index contributed by atoms with van der Waals surface area (Å²) in [5.74, 6) is -0.996. The Labute approximate surface area is 155 Å². The minimum Gasteiger partial charge on any atom is -0.379 e. The Bertz CT molecular complexity index is 751. The van der Waals surface area contributed by atoms with E-state index in [0.29, 0.717) is 10.7 Å². The number of carbonyl (C=O) groups excluding carboxylic acids is 1. The van der Waals surface area contributed by atoms with Gasteiger partial charge in [-0.1, -0.05) is 41.9 Å². The molecule has 0 aliphatic heterocycles. The quantitative estimate of drug-likeness (QED) is 0.539.